The summed E-state index contributed by atoms with van der Waals surface area (Å²) in [4.78, 5) is 27.0. The summed E-state index contributed by atoms with van der Waals surface area (Å²) in [5.74, 6) is -0.892. The first-order valence-corrected chi connectivity index (χ1v) is 12.4. The fourth-order valence-electron chi connectivity index (χ4n) is 5.01. The molecule has 8 nitrogen and oxygen atoms in total. The highest BCUT2D eigenvalue weighted by atomic mass is 16.7. The molecule has 0 unspecified atom stereocenters. The third kappa shape index (κ3) is 5.56. The molecule has 0 saturated carbocycles. The molecule has 7 atom stereocenters. The minimum absolute atomic E-state index is 0.00836. The van der Waals surface area contributed by atoms with Crippen LogP contribution in [0.5, 0.6) is 5.75 Å². The number of hydrogen-bond acceptors (Lipinski definition) is 7. The third-order valence-electron chi connectivity index (χ3n) is 7.21. The Labute approximate surface area is 212 Å². The molecule has 4 rings (SSSR count). The number of carbonyl (C=O) groups excluding carboxylic acids is 2. The van der Waals surface area contributed by atoms with Crippen LogP contribution in [0.3, 0.4) is 0 Å². The molecule has 0 bridgehead atoms. The summed E-state index contributed by atoms with van der Waals surface area (Å²) in [6.45, 7) is 6.12. The van der Waals surface area contributed by atoms with Crippen molar-refractivity contribution < 1.29 is 33.6 Å². The average Bonchev–Trinajstić information content (AvgIpc) is 3.27. The molecule has 36 heavy (non-hydrogen) atoms. The number of benzene rings is 2. The van der Waals surface area contributed by atoms with E-state index in [-0.39, 0.29) is 24.5 Å². The molecule has 0 aliphatic carbocycles. The molecule has 8 heteroatoms. The minimum Gasteiger partial charge on any atom is -0.497 e. The lowest BCUT2D eigenvalue weighted by molar-refractivity contribution is -0.257. The summed E-state index contributed by atoms with van der Waals surface area (Å²) >= 11 is 0. The van der Waals surface area contributed by atoms with Crippen molar-refractivity contribution in [1.82, 2.24) is 4.90 Å². The maximum atomic E-state index is 13.4. The number of rotatable bonds is 8. The van der Waals surface area contributed by atoms with Gasteiger partial charge in [0, 0.05) is 17.4 Å². The van der Waals surface area contributed by atoms with Gasteiger partial charge >= 0.3 is 6.09 Å². The zero-order chi connectivity index (χ0) is 25.8. The molecule has 2 aromatic carbocycles. The molecule has 194 valence electrons. The molecule has 2 heterocycles. The normalized spacial score (nSPS) is 26.7. The van der Waals surface area contributed by atoms with Crippen molar-refractivity contribution in [2.45, 2.75) is 51.7 Å². The quantitative estimate of drug-likeness (QED) is 0.590. The van der Waals surface area contributed by atoms with Crippen molar-refractivity contribution in [3.05, 3.63) is 65.7 Å². The Bertz CT molecular complexity index is 1030. The van der Waals surface area contributed by atoms with Gasteiger partial charge in [-0.15, -0.1) is 0 Å². The standard InChI is InChI=1S/C28H35NO7/c1-17-15-34-27(21-10-12-23(33-4)13-11-21)36-25(17)18(2)24(30)19(3)26(31)29-22(16-35-28(29)32)14-20-8-6-5-7-9-20/h5-13,17-19,22,24-25,27,30H,14-16H2,1-4H3/t17-,18-,19+,22+,24-,25-,27-/m1/s1. The lowest BCUT2D eigenvalue weighted by atomic mass is 9.83. The number of imide groups is 1. The summed E-state index contributed by atoms with van der Waals surface area (Å²) in [7, 11) is 1.61. The van der Waals surface area contributed by atoms with E-state index in [4.69, 9.17) is 18.9 Å². The monoisotopic (exact) mass is 497 g/mol. The van der Waals surface area contributed by atoms with Crippen LogP contribution in [-0.4, -0.2) is 60.6 Å². The summed E-state index contributed by atoms with van der Waals surface area (Å²) in [6.07, 6.45) is -2.11. The zero-order valence-corrected chi connectivity index (χ0v) is 21.2. The number of aliphatic hydroxyl groups excluding tert-OH is 1. The Kier molecular flexibility index (Phi) is 8.28. The highest BCUT2D eigenvalue weighted by Gasteiger charge is 2.44. The van der Waals surface area contributed by atoms with Gasteiger partial charge in [-0.25, -0.2) is 9.69 Å². The van der Waals surface area contributed by atoms with Crippen molar-refractivity contribution >= 4 is 12.0 Å². The van der Waals surface area contributed by atoms with Gasteiger partial charge in [0.05, 0.1) is 37.9 Å². The largest absolute Gasteiger partial charge is 0.497 e. The third-order valence-corrected chi connectivity index (χ3v) is 7.21. The van der Waals surface area contributed by atoms with E-state index in [1.807, 2.05) is 68.4 Å². The van der Waals surface area contributed by atoms with Gasteiger partial charge in [-0.1, -0.05) is 63.2 Å². The molecule has 0 aromatic heterocycles. The van der Waals surface area contributed by atoms with Crippen molar-refractivity contribution in [1.29, 1.82) is 0 Å². The van der Waals surface area contributed by atoms with E-state index in [0.717, 1.165) is 16.9 Å². The SMILES string of the molecule is COc1ccc([C@@H]2OC[C@@H](C)[C@H]([C@H](C)[C@@H](O)[C@H](C)C(=O)N3C(=O)OC[C@@H]3Cc3ccccc3)O2)cc1. The van der Waals surface area contributed by atoms with Crippen LogP contribution in [0.15, 0.2) is 54.6 Å². The fourth-order valence-corrected chi connectivity index (χ4v) is 5.01. The van der Waals surface area contributed by atoms with Gasteiger partial charge in [-0.2, -0.15) is 0 Å². The lowest BCUT2D eigenvalue weighted by Gasteiger charge is -2.41. The molecule has 2 saturated heterocycles. The second-order valence-electron chi connectivity index (χ2n) is 9.78. The number of methoxy groups -OCH3 is 1. The van der Waals surface area contributed by atoms with E-state index in [1.165, 1.54) is 4.90 Å². The Morgan fingerprint density at radius 1 is 1.11 bits per heavy atom. The first kappa shape index (κ1) is 26.1. The minimum atomic E-state index is -1.02. The van der Waals surface area contributed by atoms with Crippen LogP contribution in [0.2, 0.25) is 0 Å². The molecule has 2 aromatic rings. The van der Waals surface area contributed by atoms with Crippen LogP contribution in [-0.2, 0) is 25.4 Å². The van der Waals surface area contributed by atoms with E-state index < -0.39 is 36.4 Å². The zero-order valence-electron chi connectivity index (χ0n) is 21.2. The van der Waals surface area contributed by atoms with Crippen LogP contribution in [0.1, 0.15) is 38.2 Å². The van der Waals surface area contributed by atoms with Gasteiger partial charge in [-0.3, -0.25) is 4.79 Å². The van der Waals surface area contributed by atoms with E-state index in [2.05, 4.69) is 0 Å². The van der Waals surface area contributed by atoms with Crippen LogP contribution < -0.4 is 4.74 Å². The molecule has 2 amide bonds. The maximum absolute atomic E-state index is 13.4. The highest BCUT2D eigenvalue weighted by Crippen LogP contribution is 2.36. The van der Waals surface area contributed by atoms with E-state index in [1.54, 1.807) is 14.0 Å². The van der Waals surface area contributed by atoms with Crippen LogP contribution in [0.4, 0.5) is 4.79 Å². The van der Waals surface area contributed by atoms with Gasteiger partial charge < -0.3 is 24.1 Å². The second kappa shape index (κ2) is 11.4. The molecule has 2 aliphatic rings. The lowest BCUT2D eigenvalue weighted by Crippen LogP contribution is -2.50. The predicted molar refractivity (Wildman–Crippen MR) is 132 cm³/mol. The highest BCUT2D eigenvalue weighted by molar-refractivity contribution is 5.95. The van der Waals surface area contributed by atoms with Crippen LogP contribution in [0.25, 0.3) is 0 Å². The summed E-state index contributed by atoms with van der Waals surface area (Å²) in [6, 6.07) is 16.7. The Morgan fingerprint density at radius 3 is 2.47 bits per heavy atom. The Hall–Kier alpha value is -2.94. The molecule has 0 radical (unpaired) electrons. The smallest absolute Gasteiger partial charge is 0.416 e. The van der Waals surface area contributed by atoms with Gasteiger partial charge in [0.15, 0.2) is 6.29 Å². The topological polar surface area (TPSA) is 94.5 Å². The first-order chi connectivity index (χ1) is 17.3. The molecular formula is C28H35NO7. The van der Waals surface area contributed by atoms with Gasteiger partial charge in [-0.05, 0) is 24.1 Å². The van der Waals surface area contributed by atoms with Crippen LogP contribution >= 0.6 is 0 Å². The predicted octanol–water partition coefficient (Wildman–Crippen LogP) is 3.97. The fraction of sp³-hybridized carbons (Fsp3) is 0.500. The molecule has 0 spiro atoms. The summed E-state index contributed by atoms with van der Waals surface area (Å²) in [5, 5.41) is 11.2. The number of carbonyl (C=O) groups is 2. The number of amides is 2. The number of nitrogens with zero attached hydrogens (tertiary/aromatic N) is 1. The van der Waals surface area contributed by atoms with Crippen molar-refractivity contribution in [3.63, 3.8) is 0 Å². The molecule has 1 N–H and O–H groups in total. The number of cyclic esters (lactones) is 1. The molecular weight excluding hydrogens is 462 g/mol. The first-order valence-electron chi connectivity index (χ1n) is 12.4. The Balaban J connectivity index is 1.43. The number of aliphatic hydroxyl groups is 1. The Morgan fingerprint density at radius 2 is 1.81 bits per heavy atom. The van der Waals surface area contributed by atoms with Crippen molar-refractivity contribution in [3.8, 4) is 5.75 Å². The van der Waals surface area contributed by atoms with Crippen LogP contribution in [0, 0.1) is 17.8 Å². The summed E-state index contributed by atoms with van der Waals surface area (Å²) in [5.41, 5.74) is 1.86. The number of ether oxygens (including phenoxy) is 4. The second-order valence-corrected chi connectivity index (χ2v) is 9.78. The summed E-state index contributed by atoms with van der Waals surface area (Å²) < 4.78 is 22.6. The van der Waals surface area contributed by atoms with Crippen molar-refractivity contribution in [2.75, 3.05) is 20.3 Å². The van der Waals surface area contributed by atoms with Gasteiger partial charge in [0.2, 0.25) is 5.91 Å². The molecule has 2 fully saturated rings. The average molecular weight is 498 g/mol. The van der Waals surface area contributed by atoms with Crippen molar-refractivity contribution in [2.24, 2.45) is 17.8 Å². The van der Waals surface area contributed by atoms with Gasteiger partial charge in [0.1, 0.15) is 12.4 Å². The van der Waals surface area contributed by atoms with Gasteiger partial charge in [0.25, 0.3) is 0 Å². The van der Waals surface area contributed by atoms with E-state index >= 15 is 0 Å². The molecule has 2 aliphatic heterocycles. The maximum Gasteiger partial charge on any atom is 0.416 e. The number of hydrogen-bond donors (Lipinski definition) is 1. The van der Waals surface area contributed by atoms with E-state index in [9.17, 15) is 14.7 Å². The van der Waals surface area contributed by atoms with E-state index in [0.29, 0.717) is 13.0 Å².